The molecule has 0 bridgehead atoms. The van der Waals surface area contributed by atoms with Crippen LogP contribution < -0.4 is 4.74 Å². The van der Waals surface area contributed by atoms with Crippen LogP contribution in [0.1, 0.15) is 10.5 Å². The summed E-state index contributed by atoms with van der Waals surface area (Å²) in [6, 6.07) is 4.02. The highest BCUT2D eigenvalue weighted by atomic mass is 35.5. The summed E-state index contributed by atoms with van der Waals surface area (Å²) in [6.45, 7) is 0. The maximum Gasteiger partial charge on any atom is 0.356 e. The Morgan fingerprint density at radius 3 is 2.52 bits per heavy atom. The van der Waals surface area contributed by atoms with Crippen molar-refractivity contribution < 1.29 is 19.0 Å². The number of carboxylic acids is 1. The van der Waals surface area contributed by atoms with Crippen LogP contribution in [-0.2, 0) is 0 Å². The molecule has 1 aromatic carbocycles. The van der Waals surface area contributed by atoms with Crippen molar-refractivity contribution in [2.45, 2.75) is 0 Å². The topological polar surface area (TPSA) is 59.4 Å². The van der Waals surface area contributed by atoms with Gasteiger partial charge in [-0.25, -0.2) is 14.2 Å². The highest BCUT2D eigenvalue weighted by molar-refractivity contribution is 6.43. The number of ether oxygens (including phenoxy) is 1. The molecule has 4 nitrogen and oxygen atoms in total. The van der Waals surface area contributed by atoms with Crippen molar-refractivity contribution in [3.63, 3.8) is 0 Å². The second-order valence-corrected chi connectivity index (χ2v) is 5.09. The van der Waals surface area contributed by atoms with E-state index in [0.29, 0.717) is 0 Å². The molecule has 1 heterocycles. The molecule has 0 spiro atoms. The number of carboxylic acid groups (broad SMARTS) is 1. The number of pyridine rings is 1. The molecule has 1 aromatic heterocycles. The summed E-state index contributed by atoms with van der Waals surface area (Å²) in [5.41, 5.74) is -0.459. The summed E-state index contributed by atoms with van der Waals surface area (Å²) in [5.74, 6) is -2.31. The standard InChI is InChI=1S/C13H7Cl3FNO3/c1-21-12-6(14)3-2-5(10(12)17)8-4-7(15)9(16)11(18-8)13(19)20/h2-4H,1H3,(H,19,20). The summed E-state index contributed by atoms with van der Waals surface area (Å²) >= 11 is 17.4. The van der Waals surface area contributed by atoms with Crippen LogP contribution in [0, 0.1) is 5.82 Å². The first kappa shape index (κ1) is 15.8. The SMILES string of the molecule is COc1c(Cl)ccc(-c2cc(Cl)c(Cl)c(C(=O)O)n2)c1F. The van der Waals surface area contributed by atoms with E-state index >= 15 is 0 Å². The second kappa shape index (κ2) is 6.05. The summed E-state index contributed by atoms with van der Waals surface area (Å²) < 4.78 is 19.2. The molecule has 0 aliphatic rings. The van der Waals surface area contributed by atoms with Crippen molar-refractivity contribution in [3.05, 3.63) is 44.8 Å². The molecule has 0 fully saturated rings. The first-order valence-electron chi connectivity index (χ1n) is 5.48. The predicted octanol–water partition coefficient (Wildman–Crippen LogP) is 4.55. The van der Waals surface area contributed by atoms with Crippen molar-refractivity contribution in [3.8, 4) is 17.0 Å². The normalized spacial score (nSPS) is 10.5. The number of benzene rings is 1. The molecule has 0 aliphatic carbocycles. The monoisotopic (exact) mass is 349 g/mol. The number of halogens is 4. The minimum absolute atomic E-state index is 0.00248. The van der Waals surface area contributed by atoms with Gasteiger partial charge in [0.2, 0.25) is 0 Å². The van der Waals surface area contributed by atoms with E-state index in [0.717, 1.165) is 0 Å². The molecule has 0 saturated heterocycles. The van der Waals surface area contributed by atoms with E-state index in [9.17, 15) is 9.18 Å². The Labute approximate surface area is 134 Å². The average molecular weight is 351 g/mol. The Kier molecular flexibility index (Phi) is 4.56. The van der Waals surface area contributed by atoms with Crippen molar-refractivity contribution >= 4 is 40.8 Å². The third-order valence-electron chi connectivity index (χ3n) is 2.65. The fourth-order valence-electron chi connectivity index (χ4n) is 1.70. The average Bonchev–Trinajstić information content (AvgIpc) is 2.42. The van der Waals surface area contributed by atoms with E-state index in [1.807, 2.05) is 0 Å². The van der Waals surface area contributed by atoms with Crippen LogP contribution in [0.3, 0.4) is 0 Å². The Balaban J connectivity index is 2.71. The number of carbonyl (C=O) groups is 1. The van der Waals surface area contributed by atoms with Crippen LogP contribution in [0.4, 0.5) is 4.39 Å². The van der Waals surface area contributed by atoms with E-state index in [2.05, 4.69) is 4.98 Å². The Hall–Kier alpha value is -1.56. The van der Waals surface area contributed by atoms with Gasteiger partial charge in [0.15, 0.2) is 17.3 Å². The van der Waals surface area contributed by atoms with Crippen molar-refractivity contribution in [1.82, 2.24) is 4.98 Å². The maximum atomic E-state index is 14.3. The largest absolute Gasteiger partial charge is 0.492 e. The van der Waals surface area contributed by atoms with Gasteiger partial charge in [-0.3, -0.25) is 0 Å². The molecule has 0 radical (unpaired) electrons. The van der Waals surface area contributed by atoms with Gasteiger partial charge < -0.3 is 9.84 Å². The van der Waals surface area contributed by atoms with Gasteiger partial charge in [-0.1, -0.05) is 34.8 Å². The lowest BCUT2D eigenvalue weighted by molar-refractivity contribution is 0.0691. The van der Waals surface area contributed by atoms with Gasteiger partial charge in [0.25, 0.3) is 0 Å². The van der Waals surface area contributed by atoms with Gasteiger partial charge in [0.1, 0.15) is 0 Å². The third kappa shape index (κ3) is 2.90. The molecule has 2 rings (SSSR count). The summed E-state index contributed by atoms with van der Waals surface area (Å²) in [6.07, 6.45) is 0. The van der Waals surface area contributed by atoms with E-state index in [-0.39, 0.29) is 32.1 Å². The molecule has 2 aromatic rings. The highest BCUT2D eigenvalue weighted by Crippen LogP contribution is 2.36. The molecule has 0 unspecified atom stereocenters. The molecule has 21 heavy (non-hydrogen) atoms. The molecular formula is C13H7Cl3FNO3. The van der Waals surface area contributed by atoms with Crippen LogP contribution >= 0.6 is 34.8 Å². The minimum Gasteiger partial charge on any atom is -0.492 e. The zero-order valence-corrected chi connectivity index (χ0v) is 12.7. The number of nitrogens with zero attached hydrogens (tertiary/aromatic N) is 1. The van der Waals surface area contributed by atoms with E-state index < -0.39 is 17.5 Å². The lowest BCUT2D eigenvalue weighted by Gasteiger charge is -2.10. The fourth-order valence-corrected chi connectivity index (χ4v) is 2.29. The van der Waals surface area contributed by atoms with E-state index in [1.165, 1.54) is 25.3 Å². The van der Waals surface area contributed by atoms with Crippen molar-refractivity contribution in [2.24, 2.45) is 0 Å². The number of hydrogen-bond donors (Lipinski definition) is 1. The molecule has 110 valence electrons. The van der Waals surface area contributed by atoms with Gasteiger partial charge in [-0.2, -0.15) is 0 Å². The van der Waals surface area contributed by atoms with Crippen LogP contribution in [0.25, 0.3) is 11.3 Å². The van der Waals surface area contributed by atoms with Gasteiger partial charge in [0.05, 0.1) is 27.9 Å². The number of hydrogen-bond acceptors (Lipinski definition) is 3. The molecule has 0 amide bonds. The molecular weight excluding hydrogens is 344 g/mol. The minimum atomic E-state index is -1.37. The van der Waals surface area contributed by atoms with Crippen molar-refractivity contribution in [1.29, 1.82) is 0 Å². The highest BCUT2D eigenvalue weighted by Gasteiger charge is 2.20. The van der Waals surface area contributed by atoms with Crippen LogP contribution in [0.2, 0.25) is 15.1 Å². The fraction of sp³-hybridized carbons (Fsp3) is 0.0769. The lowest BCUT2D eigenvalue weighted by atomic mass is 10.1. The quantitative estimate of drug-likeness (QED) is 0.882. The Morgan fingerprint density at radius 2 is 1.95 bits per heavy atom. The predicted molar refractivity (Wildman–Crippen MR) is 78.2 cm³/mol. The van der Waals surface area contributed by atoms with E-state index in [1.54, 1.807) is 0 Å². The summed E-state index contributed by atoms with van der Waals surface area (Å²) in [4.78, 5) is 14.9. The van der Waals surface area contributed by atoms with Gasteiger partial charge in [-0.05, 0) is 18.2 Å². The van der Waals surface area contributed by atoms with Crippen LogP contribution in [-0.4, -0.2) is 23.2 Å². The third-order valence-corrected chi connectivity index (χ3v) is 3.72. The molecule has 0 saturated carbocycles. The zero-order valence-electron chi connectivity index (χ0n) is 10.5. The summed E-state index contributed by atoms with van der Waals surface area (Å²) in [5, 5.41) is 8.85. The van der Waals surface area contributed by atoms with Crippen molar-refractivity contribution in [2.75, 3.05) is 7.11 Å². The summed E-state index contributed by atoms with van der Waals surface area (Å²) in [7, 11) is 1.26. The smallest absolute Gasteiger partial charge is 0.356 e. The Morgan fingerprint density at radius 1 is 1.29 bits per heavy atom. The van der Waals surface area contributed by atoms with Crippen LogP contribution in [0.5, 0.6) is 5.75 Å². The van der Waals surface area contributed by atoms with Gasteiger partial charge >= 0.3 is 5.97 Å². The number of aromatic nitrogens is 1. The van der Waals surface area contributed by atoms with Crippen LogP contribution in [0.15, 0.2) is 18.2 Å². The maximum absolute atomic E-state index is 14.3. The number of rotatable bonds is 3. The van der Waals surface area contributed by atoms with E-state index in [4.69, 9.17) is 44.6 Å². The zero-order chi connectivity index (χ0) is 15.7. The molecule has 0 atom stereocenters. The number of methoxy groups -OCH3 is 1. The number of aromatic carboxylic acids is 1. The first-order chi connectivity index (χ1) is 9.86. The first-order valence-corrected chi connectivity index (χ1v) is 6.62. The molecule has 0 aliphatic heterocycles. The van der Waals surface area contributed by atoms with Gasteiger partial charge in [-0.15, -0.1) is 0 Å². The molecule has 8 heteroatoms. The van der Waals surface area contributed by atoms with Gasteiger partial charge in [0, 0.05) is 5.56 Å². The molecule has 1 N–H and O–H groups in total. The Bertz CT molecular complexity index is 737. The second-order valence-electron chi connectivity index (χ2n) is 3.90. The lowest BCUT2D eigenvalue weighted by Crippen LogP contribution is -2.04.